The number of amides is 2. The Morgan fingerprint density at radius 3 is 2.07 bits per heavy atom. The standard InChI is InChI=1S/C10H19NO4.C7H7N3O2/c1-3-5-11(6-4-2)8(10(14)15)7-9(12)13;11-6-1-2-7(12)10(6)9-4-3-8-5-9/h8H,3-7H2,1-2H3,(H,12,13)(H,14,15);3-5H,1-2H2. The van der Waals surface area contributed by atoms with Crippen LogP contribution in [0.5, 0.6) is 0 Å². The van der Waals surface area contributed by atoms with Gasteiger partial charge in [-0.3, -0.25) is 24.1 Å². The van der Waals surface area contributed by atoms with E-state index in [-0.39, 0.29) is 18.2 Å². The summed E-state index contributed by atoms with van der Waals surface area (Å²) in [6.45, 7) is 5.14. The van der Waals surface area contributed by atoms with Gasteiger partial charge in [0.2, 0.25) is 11.8 Å². The van der Waals surface area contributed by atoms with E-state index in [2.05, 4.69) is 4.98 Å². The maximum atomic E-state index is 11.1. The van der Waals surface area contributed by atoms with Crippen molar-refractivity contribution < 1.29 is 29.4 Å². The molecule has 1 atom stereocenters. The largest absolute Gasteiger partial charge is 0.481 e. The number of carboxylic acids is 2. The molecule has 0 aliphatic carbocycles. The van der Waals surface area contributed by atoms with Crippen molar-refractivity contribution in [3.8, 4) is 0 Å². The Morgan fingerprint density at radius 1 is 1.15 bits per heavy atom. The first-order valence-electron chi connectivity index (χ1n) is 8.84. The lowest BCUT2D eigenvalue weighted by Crippen LogP contribution is -2.43. The van der Waals surface area contributed by atoms with Gasteiger partial charge in [0.05, 0.1) is 6.42 Å². The minimum atomic E-state index is -1.07. The molecule has 2 amide bonds. The van der Waals surface area contributed by atoms with Crippen LogP contribution in [0.1, 0.15) is 46.0 Å². The van der Waals surface area contributed by atoms with Crippen molar-refractivity contribution >= 4 is 23.8 Å². The summed E-state index contributed by atoms with van der Waals surface area (Å²) >= 11 is 0. The molecule has 1 aliphatic heterocycles. The third-order valence-corrected chi connectivity index (χ3v) is 3.86. The summed E-state index contributed by atoms with van der Waals surface area (Å²) in [6.07, 6.45) is 6.44. The molecule has 0 bridgehead atoms. The normalized spacial score (nSPS) is 14.9. The number of nitrogens with zero attached hydrogens (tertiary/aromatic N) is 4. The molecule has 27 heavy (non-hydrogen) atoms. The lowest BCUT2D eigenvalue weighted by molar-refractivity contribution is -0.149. The Hall–Kier alpha value is -2.75. The first-order chi connectivity index (χ1) is 12.8. The van der Waals surface area contributed by atoms with Crippen LogP contribution in [0.25, 0.3) is 0 Å². The minimum absolute atomic E-state index is 0.169. The second-order valence-electron chi connectivity index (χ2n) is 6.03. The maximum Gasteiger partial charge on any atom is 0.321 e. The minimum Gasteiger partial charge on any atom is -0.481 e. The van der Waals surface area contributed by atoms with Crippen LogP contribution in [0.3, 0.4) is 0 Å². The summed E-state index contributed by atoms with van der Waals surface area (Å²) < 4.78 is 1.40. The van der Waals surface area contributed by atoms with Gasteiger partial charge in [-0.1, -0.05) is 13.8 Å². The van der Waals surface area contributed by atoms with Crippen LogP contribution in [0.15, 0.2) is 18.7 Å². The van der Waals surface area contributed by atoms with E-state index in [9.17, 15) is 19.2 Å². The summed E-state index contributed by atoms with van der Waals surface area (Å²) in [4.78, 5) is 49.2. The van der Waals surface area contributed by atoms with E-state index in [1.54, 1.807) is 11.1 Å². The third-order valence-electron chi connectivity index (χ3n) is 3.86. The van der Waals surface area contributed by atoms with E-state index in [0.29, 0.717) is 25.9 Å². The summed E-state index contributed by atoms with van der Waals surface area (Å²) in [6, 6.07) is -0.901. The van der Waals surface area contributed by atoms with Crippen LogP contribution in [0.4, 0.5) is 0 Å². The SMILES string of the molecule is CCCN(CCC)C(CC(=O)O)C(=O)O.O=C1CCC(=O)N1n1ccnc1. The van der Waals surface area contributed by atoms with Crippen LogP contribution >= 0.6 is 0 Å². The lowest BCUT2D eigenvalue weighted by atomic mass is 10.1. The smallest absolute Gasteiger partial charge is 0.321 e. The zero-order chi connectivity index (χ0) is 20.4. The van der Waals surface area contributed by atoms with Gasteiger partial charge in [0.1, 0.15) is 12.4 Å². The Kier molecular flexibility index (Phi) is 9.14. The molecule has 2 heterocycles. The molecule has 10 heteroatoms. The number of carbonyl (C=O) groups excluding carboxylic acids is 2. The lowest BCUT2D eigenvalue weighted by Gasteiger charge is -2.26. The van der Waals surface area contributed by atoms with Crippen LogP contribution in [0, 0.1) is 0 Å². The molecule has 1 aromatic heterocycles. The molecule has 150 valence electrons. The molecule has 1 unspecified atom stereocenters. The van der Waals surface area contributed by atoms with E-state index in [4.69, 9.17) is 10.2 Å². The fraction of sp³-hybridized carbons (Fsp3) is 0.588. The Morgan fingerprint density at radius 2 is 1.70 bits per heavy atom. The zero-order valence-corrected chi connectivity index (χ0v) is 15.6. The second-order valence-corrected chi connectivity index (χ2v) is 6.03. The van der Waals surface area contributed by atoms with Gasteiger partial charge in [-0.25, -0.2) is 9.66 Å². The molecule has 2 N–H and O–H groups in total. The van der Waals surface area contributed by atoms with Crippen LogP contribution < -0.4 is 5.01 Å². The molecule has 1 aromatic rings. The molecule has 0 aromatic carbocycles. The van der Waals surface area contributed by atoms with Crippen molar-refractivity contribution in [3.05, 3.63) is 18.7 Å². The molecule has 2 rings (SSSR count). The monoisotopic (exact) mass is 382 g/mol. The number of aromatic nitrogens is 2. The topological polar surface area (TPSA) is 133 Å². The van der Waals surface area contributed by atoms with E-state index >= 15 is 0 Å². The summed E-state index contributed by atoms with van der Waals surface area (Å²) in [5.41, 5.74) is 0. The van der Waals surface area contributed by atoms with Gasteiger partial charge in [-0.05, 0) is 25.9 Å². The fourth-order valence-corrected chi connectivity index (χ4v) is 2.73. The van der Waals surface area contributed by atoms with Gasteiger partial charge in [0.15, 0.2) is 0 Å². The first kappa shape index (κ1) is 22.3. The van der Waals surface area contributed by atoms with Gasteiger partial charge in [-0.2, -0.15) is 5.01 Å². The average Bonchev–Trinajstić information content (AvgIpc) is 3.22. The van der Waals surface area contributed by atoms with E-state index in [0.717, 1.165) is 17.9 Å². The maximum absolute atomic E-state index is 11.1. The van der Waals surface area contributed by atoms with Crippen molar-refractivity contribution in [1.29, 1.82) is 0 Å². The highest BCUT2D eigenvalue weighted by atomic mass is 16.4. The Balaban J connectivity index is 0.000000274. The highest BCUT2D eigenvalue weighted by molar-refractivity contribution is 6.13. The van der Waals surface area contributed by atoms with Gasteiger partial charge >= 0.3 is 11.9 Å². The van der Waals surface area contributed by atoms with Gasteiger partial charge in [0.25, 0.3) is 0 Å². The Bertz CT molecular complexity index is 624. The van der Waals surface area contributed by atoms with Crippen LogP contribution in [-0.4, -0.2) is 67.7 Å². The molecule has 0 saturated carbocycles. The third kappa shape index (κ3) is 6.81. The van der Waals surface area contributed by atoms with Crippen molar-refractivity contribution in [2.75, 3.05) is 18.1 Å². The van der Waals surface area contributed by atoms with Crippen LogP contribution in [-0.2, 0) is 19.2 Å². The van der Waals surface area contributed by atoms with Crippen molar-refractivity contribution in [2.24, 2.45) is 0 Å². The van der Waals surface area contributed by atoms with E-state index in [1.165, 1.54) is 17.2 Å². The first-order valence-corrected chi connectivity index (χ1v) is 8.84. The number of imidazole rings is 1. The van der Waals surface area contributed by atoms with Crippen molar-refractivity contribution in [1.82, 2.24) is 14.6 Å². The quantitative estimate of drug-likeness (QED) is 0.597. The van der Waals surface area contributed by atoms with E-state index in [1.807, 2.05) is 13.8 Å². The number of aliphatic carboxylic acids is 2. The van der Waals surface area contributed by atoms with Gasteiger partial charge in [-0.15, -0.1) is 0 Å². The van der Waals surface area contributed by atoms with Gasteiger partial charge < -0.3 is 10.2 Å². The second kappa shape index (κ2) is 11.1. The number of carbonyl (C=O) groups is 4. The fourth-order valence-electron chi connectivity index (χ4n) is 2.73. The molecule has 10 nitrogen and oxygen atoms in total. The number of imide groups is 1. The summed E-state index contributed by atoms with van der Waals surface area (Å²) in [5, 5.41) is 18.7. The van der Waals surface area contributed by atoms with E-state index < -0.39 is 18.0 Å². The zero-order valence-electron chi connectivity index (χ0n) is 15.6. The average molecular weight is 382 g/mol. The van der Waals surface area contributed by atoms with Crippen LogP contribution in [0.2, 0.25) is 0 Å². The molecule has 1 fully saturated rings. The predicted octanol–water partition coefficient (Wildman–Crippen LogP) is 0.704. The summed E-state index contributed by atoms with van der Waals surface area (Å²) in [7, 11) is 0. The molecule has 0 radical (unpaired) electrons. The number of rotatable bonds is 9. The number of hydrogen-bond donors (Lipinski definition) is 2. The molecule has 1 saturated heterocycles. The molecule has 0 spiro atoms. The molecular weight excluding hydrogens is 356 g/mol. The highest BCUT2D eigenvalue weighted by Crippen LogP contribution is 2.10. The van der Waals surface area contributed by atoms with Gasteiger partial charge in [0, 0.05) is 25.2 Å². The Labute approximate surface area is 157 Å². The molecular formula is C17H26N4O6. The summed E-state index contributed by atoms with van der Waals surface area (Å²) in [5.74, 6) is -2.46. The number of carboxylic acid groups (broad SMARTS) is 2. The van der Waals surface area contributed by atoms with Crippen molar-refractivity contribution in [2.45, 2.75) is 52.0 Å². The number of hydrogen-bond acceptors (Lipinski definition) is 6. The highest BCUT2D eigenvalue weighted by Gasteiger charge is 2.30. The van der Waals surface area contributed by atoms with Crippen molar-refractivity contribution in [3.63, 3.8) is 0 Å². The molecule has 1 aliphatic rings. The predicted molar refractivity (Wildman–Crippen MR) is 95.5 cm³/mol.